The van der Waals surface area contributed by atoms with Crippen LogP contribution in [0.2, 0.25) is 0 Å². The van der Waals surface area contributed by atoms with Gasteiger partial charge in [0, 0.05) is 44.5 Å². The lowest BCUT2D eigenvalue weighted by Crippen LogP contribution is -2.58. The van der Waals surface area contributed by atoms with Crippen LogP contribution in [0.3, 0.4) is 0 Å². The molecule has 2 rings (SSSR count). The van der Waals surface area contributed by atoms with Crippen LogP contribution >= 0.6 is 0 Å². The molecule has 96 valence electrons. The molecule has 0 radical (unpaired) electrons. The summed E-state index contributed by atoms with van der Waals surface area (Å²) in [5.74, 6) is 1.78. The third-order valence-corrected chi connectivity index (χ3v) is 3.72. The molecular formula is C13H24N4. The van der Waals surface area contributed by atoms with E-state index in [2.05, 4.69) is 42.2 Å². The topological polar surface area (TPSA) is 33.1 Å². The molecule has 2 unspecified atom stereocenters. The highest BCUT2D eigenvalue weighted by Gasteiger charge is 2.29. The second-order valence-electron chi connectivity index (χ2n) is 5.32. The molecule has 4 heteroatoms. The summed E-state index contributed by atoms with van der Waals surface area (Å²) < 4.78 is 1.88. The molecular weight excluding hydrogens is 212 g/mol. The van der Waals surface area contributed by atoms with E-state index in [0.29, 0.717) is 18.0 Å². The first-order chi connectivity index (χ1) is 8.11. The molecule has 0 aromatic carbocycles. The molecule has 4 nitrogen and oxygen atoms in total. The minimum Gasteiger partial charge on any atom is -0.349 e. The predicted molar refractivity (Wildman–Crippen MR) is 71.3 cm³/mol. The number of aryl methyl sites for hydroxylation is 1. The Labute approximate surface area is 104 Å². The van der Waals surface area contributed by atoms with Crippen LogP contribution in [0.25, 0.3) is 0 Å². The van der Waals surface area contributed by atoms with Crippen molar-refractivity contribution in [3.8, 4) is 0 Å². The number of aromatic nitrogens is 2. The van der Waals surface area contributed by atoms with Crippen LogP contribution in [0.4, 0.5) is 5.82 Å². The highest BCUT2D eigenvalue weighted by molar-refractivity contribution is 5.39. The molecule has 1 aromatic rings. The lowest BCUT2D eigenvalue weighted by atomic mass is 9.98. The highest BCUT2D eigenvalue weighted by Crippen LogP contribution is 2.21. The van der Waals surface area contributed by atoms with Gasteiger partial charge in [-0.3, -0.25) is 4.68 Å². The van der Waals surface area contributed by atoms with Crippen LogP contribution in [-0.4, -0.2) is 35.0 Å². The van der Waals surface area contributed by atoms with E-state index in [1.54, 1.807) is 0 Å². The molecule has 2 heterocycles. The Morgan fingerprint density at radius 3 is 2.82 bits per heavy atom. The van der Waals surface area contributed by atoms with Crippen molar-refractivity contribution >= 4 is 5.82 Å². The third-order valence-electron chi connectivity index (χ3n) is 3.72. The summed E-state index contributed by atoms with van der Waals surface area (Å²) in [7, 11) is 1.98. The van der Waals surface area contributed by atoms with Crippen molar-refractivity contribution in [1.29, 1.82) is 0 Å². The van der Waals surface area contributed by atoms with E-state index in [1.165, 1.54) is 0 Å². The zero-order chi connectivity index (χ0) is 12.4. The molecule has 0 spiro atoms. The molecule has 17 heavy (non-hydrogen) atoms. The largest absolute Gasteiger partial charge is 0.349 e. The summed E-state index contributed by atoms with van der Waals surface area (Å²) in [6, 6.07) is 3.26. The van der Waals surface area contributed by atoms with Gasteiger partial charge in [-0.05, 0) is 12.3 Å². The minimum absolute atomic E-state index is 0.569. The highest BCUT2D eigenvalue weighted by atomic mass is 15.4. The number of nitrogens with one attached hydrogen (secondary N) is 1. The van der Waals surface area contributed by atoms with Crippen molar-refractivity contribution in [2.75, 3.05) is 18.0 Å². The number of nitrogens with zero attached hydrogens (tertiary/aromatic N) is 3. The number of hydrogen-bond donors (Lipinski definition) is 1. The van der Waals surface area contributed by atoms with Gasteiger partial charge in [-0.25, -0.2) is 0 Å². The zero-order valence-electron chi connectivity index (χ0n) is 11.3. The standard InChI is InChI=1S/C13H24N4/c1-5-11-8-14-12(10(2)3)9-17(11)13-6-7-16(4)15-13/h6-7,10-12,14H,5,8-9H2,1-4H3. The molecule has 0 bridgehead atoms. The SMILES string of the molecule is CCC1CNC(C(C)C)CN1c1ccn(C)n1. The number of anilines is 1. The first kappa shape index (κ1) is 12.4. The van der Waals surface area contributed by atoms with E-state index in [-0.39, 0.29) is 0 Å². The third kappa shape index (κ3) is 2.63. The second-order valence-corrected chi connectivity index (χ2v) is 5.32. The molecule has 0 saturated carbocycles. The van der Waals surface area contributed by atoms with Crippen LogP contribution in [0.1, 0.15) is 27.2 Å². The van der Waals surface area contributed by atoms with Crippen molar-refractivity contribution in [1.82, 2.24) is 15.1 Å². The van der Waals surface area contributed by atoms with Gasteiger partial charge in [0.2, 0.25) is 0 Å². The Kier molecular flexibility index (Phi) is 3.72. The van der Waals surface area contributed by atoms with Crippen LogP contribution in [-0.2, 0) is 7.05 Å². The van der Waals surface area contributed by atoms with Crippen molar-refractivity contribution in [3.63, 3.8) is 0 Å². The average molecular weight is 236 g/mol. The first-order valence-corrected chi connectivity index (χ1v) is 6.61. The van der Waals surface area contributed by atoms with Crippen molar-refractivity contribution in [2.45, 2.75) is 39.3 Å². The Hall–Kier alpha value is -1.03. The van der Waals surface area contributed by atoms with E-state index in [9.17, 15) is 0 Å². The minimum atomic E-state index is 0.569. The lowest BCUT2D eigenvalue weighted by Gasteiger charge is -2.41. The van der Waals surface area contributed by atoms with Gasteiger partial charge in [-0.1, -0.05) is 20.8 Å². The van der Waals surface area contributed by atoms with Gasteiger partial charge in [0.25, 0.3) is 0 Å². The van der Waals surface area contributed by atoms with Crippen molar-refractivity contribution in [3.05, 3.63) is 12.3 Å². The fourth-order valence-corrected chi connectivity index (χ4v) is 2.47. The monoisotopic (exact) mass is 236 g/mol. The Morgan fingerprint density at radius 1 is 1.53 bits per heavy atom. The Balaban J connectivity index is 2.15. The molecule has 1 aliphatic rings. The van der Waals surface area contributed by atoms with Gasteiger partial charge in [-0.2, -0.15) is 5.10 Å². The first-order valence-electron chi connectivity index (χ1n) is 6.61. The van der Waals surface area contributed by atoms with Crippen LogP contribution in [0, 0.1) is 5.92 Å². The molecule has 2 atom stereocenters. The summed E-state index contributed by atoms with van der Waals surface area (Å²) in [6.45, 7) is 8.93. The summed E-state index contributed by atoms with van der Waals surface area (Å²) in [4.78, 5) is 2.46. The van der Waals surface area contributed by atoms with Gasteiger partial charge in [0.05, 0.1) is 0 Å². The van der Waals surface area contributed by atoms with Crippen LogP contribution in [0.5, 0.6) is 0 Å². The van der Waals surface area contributed by atoms with E-state index >= 15 is 0 Å². The average Bonchev–Trinajstić information content (AvgIpc) is 2.74. The van der Waals surface area contributed by atoms with Crippen molar-refractivity contribution < 1.29 is 0 Å². The summed E-state index contributed by atoms with van der Waals surface area (Å²) in [5.41, 5.74) is 0. The molecule has 1 N–H and O–H groups in total. The second kappa shape index (κ2) is 5.08. The molecule has 1 saturated heterocycles. The quantitative estimate of drug-likeness (QED) is 0.866. The van der Waals surface area contributed by atoms with Gasteiger partial charge >= 0.3 is 0 Å². The number of hydrogen-bond acceptors (Lipinski definition) is 3. The fraction of sp³-hybridized carbons (Fsp3) is 0.769. The van der Waals surface area contributed by atoms with Crippen LogP contribution in [0.15, 0.2) is 12.3 Å². The molecule has 1 fully saturated rings. The normalized spacial score (nSPS) is 25.6. The Bertz CT molecular complexity index is 358. The van der Waals surface area contributed by atoms with Crippen molar-refractivity contribution in [2.24, 2.45) is 13.0 Å². The maximum Gasteiger partial charge on any atom is 0.150 e. The smallest absolute Gasteiger partial charge is 0.150 e. The van der Waals surface area contributed by atoms with E-state index in [4.69, 9.17) is 0 Å². The predicted octanol–water partition coefficient (Wildman–Crippen LogP) is 1.63. The molecule has 1 aliphatic heterocycles. The van der Waals surface area contributed by atoms with E-state index in [0.717, 1.165) is 25.3 Å². The van der Waals surface area contributed by atoms with Gasteiger partial charge in [-0.15, -0.1) is 0 Å². The molecule has 1 aromatic heterocycles. The zero-order valence-corrected chi connectivity index (χ0v) is 11.3. The van der Waals surface area contributed by atoms with Gasteiger partial charge in [0.15, 0.2) is 5.82 Å². The van der Waals surface area contributed by atoms with Gasteiger partial charge < -0.3 is 10.2 Å². The van der Waals surface area contributed by atoms with E-state index < -0.39 is 0 Å². The summed E-state index contributed by atoms with van der Waals surface area (Å²) in [5, 5.41) is 8.19. The Morgan fingerprint density at radius 2 is 2.29 bits per heavy atom. The summed E-state index contributed by atoms with van der Waals surface area (Å²) in [6.07, 6.45) is 3.18. The summed E-state index contributed by atoms with van der Waals surface area (Å²) >= 11 is 0. The molecule has 0 aliphatic carbocycles. The van der Waals surface area contributed by atoms with Crippen LogP contribution < -0.4 is 10.2 Å². The lowest BCUT2D eigenvalue weighted by molar-refractivity contribution is 0.323. The number of piperazine rings is 1. The van der Waals surface area contributed by atoms with E-state index in [1.807, 2.05) is 17.9 Å². The maximum absolute atomic E-state index is 4.54. The van der Waals surface area contributed by atoms with Gasteiger partial charge in [0.1, 0.15) is 0 Å². The maximum atomic E-state index is 4.54. The number of rotatable bonds is 3. The fourth-order valence-electron chi connectivity index (χ4n) is 2.47. The molecule has 0 amide bonds.